The molecule has 0 aromatic heterocycles. The van der Waals surface area contributed by atoms with Gasteiger partial charge in [0.2, 0.25) is 0 Å². The molecule has 2 rings (SSSR count). The van der Waals surface area contributed by atoms with Crippen LogP contribution in [0.15, 0.2) is 18.2 Å². The van der Waals surface area contributed by atoms with Crippen molar-refractivity contribution in [2.75, 3.05) is 13.1 Å². The van der Waals surface area contributed by atoms with E-state index in [0.717, 1.165) is 17.0 Å². The highest BCUT2D eigenvalue weighted by atomic mass is 35.5. The number of nitro benzene ring substituents is 1. The van der Waals surface area contributed by atoms with Crippen molar-refractivity contribution in [2.45, 2.75) is 13.0 Å². The van der Waals surface area contributed by atoms with Crippen LogP contribution in [-0.4, -0.2) is 46.9 Å². The highest BCUT2D eigenvalue weighted by Gasteiger charge is 2.33. The maximum Gasteiger partial charge on any atom is 0.345 e. The lowest BCUT2D eigenvalue weighted by atomic mass is 10.2. The molecule has 0 saturated carbocycles. The number of ether oxygens (including phenoxy) is 1. The van der Waals surface area contributed by atoms with Gasteiger partial charge in [-0.05, 0) is 19.1 Å². The van der Waals surface area contributed by atoms with Crippen LogP contribution in [0, 0.1) is 10.1 Å². The lowest BCUT2D eigenvalue weighted by Gasteiger charge is -2.18. The molecule has 0 radical (unpaired) electrons. The average molecular weight is 342 g/mol. The van der Waals surface area contributed by atoms with Gasteiger partial charge in [-0.3, -0.25) is 19.8 Å². The smallest absolute Gasteiger partial charge is 0.345 e. The van der Waals surface area contributed by atoms with E-state index in [4.69, 9.17) is 16.3 Å². The van der Waals surface area contributed by atoms with Crippen molar-refractivity contribution in [3.05, 3.63) is 38.9 Å². The second-order valence-corrected chi connectivity index (χ2v) is 5.12. The summed E-state index contributed by atoms with van der Waals surface area (Å²) in [4.78, 5) is 46.6. The zero-order chi connectivity index (χ0) is 17.1. The number of halogens is 1. The Bertz CT molecular complexity index is 692. The summed E-state index contributed by atoms with van der Waals surface area (Å²) in [7, 11) is 0. The Morgan fingerprint density at radius 1 is 1.48 bits per heavy atom. The molecular weight excluding hydrogens is 330 g/mol. The van der Waals surface area contributed by atoms with Crippen molar-refractivity contribution >= 4 is 35.2 Å². The number of nitrogens with zero attached hydrogens (tertiary/aromatic N) is 2. The zero-order valence-corrected chi connectivity index (χ0v) is 12.7. The van der Waals surface area contributed by atoms with Crippen LogP contribution in [0.25, 0.3) is 0 Å². The van der Waals surface area contributed by atoms with Gasteiger partial charge >= 0.3 is 12.0 Å². The highest BCUT2D eigenvalue weighted by Crippen LogP contribution is 2.24. The SMILES string of the molecule is C[C@@H](OC(=O)c1cc(Cl)ccc1[N+](=O)[O-])C(=O)N1CCNC1=O. The molecule has 0 bridgehead atoms. The second-order valence-electron chi connectivity index (χ2n) is 4.69. The molecule has 10 heteroatoms. The van der Waals surface area contributed by atoms with Crippen LogP contribution >= 0.6 is 11.6 Å². The summed E-state index contributed by atoms with van der Waals surface area (Å²) in [5, 5.41) is 13.5. The molecule has 122 valence electrons. The van der Waals surface area contributed by atoms with Gasteiger partial charge in [0.1, 0.15) is 5.56 Å². The maximum atomic E-state index is 12.1. The highest BCUT2D eigenvalue weighted by molar-refractivity contribution is 6.31. The fourth-order valence-corrected chi connectivity index (χ4v) is 2.18. The van der Waals surface area contributed by atoms with E-state index in [1.807, 2.05) is 0 Å². The first kappa shape index (κ1) is 16.7. The van der Waals surface area contributed by atoms with E-state index in [9.17, 15) is 24.5 Å². The number of carbonyl (C=O) groups excluding carboxylic acids is 3. The summed E-state index contributed by atoms with van der Waals surface area (Å²) in [6.07, 6.45) is -1.27. The van der Waals surface area contributed by atoms with Crippen molar-refractivity contribution in [1.29, 1.82) is 0 Å². The molecule has 1 saturated heterocycles. The summed E-state index contributed by atoms with van der Waals surface area (Å²) in [5.74, 6) is -1.78. The fraction of sp³-hybridized carbons (Fsp3) is 0.308. The molecule has 1 aromatic rings. The third-order valence-electron chi connectivity index (χ3n) is 3.13. The maximum absolute atomic E-state index is 12.1. The monoisotopic (exact) mass is 341 g/mol. The molecule has 1 atom stereocenters. The van der Waals surface area contributed by atoms with Crippen LogP contribution in [-0.2, 0) is 9.53 Å². The largest absolute Gasteiger partial charge is 0.449 e. The van der Waals surface area contributed by atoms with Crippen molar-refractivity contribution < 1.29 is 24.0 Å². The van der Waals surface area contributed by atoms with Gasteiger partial charge in [-0.1, -0.05) is 11.6 Å². The standard InChI is InChI=1S/C13H12ClN3O6/c1-7(11(18)16-5-4-15-13(16)20)23-12(19)9-6-8(14)2-3-10(9)17(21)22/h2-3,6-7H,4-5H2,1H3,(H,15,20)/t7-/m1/s1. The quantitative estimate of drug-likeness (QED) is 0.501. The summed E-state index contributed by atoms with van der Waals surface area (Å²) in [5.41, 5.74) is -0.856. The molecule has 0 unspecified atom stereocenters. The summed E-state index contributed by atoms with van der Waals surface area (Å²) in [6.45, 7) is 1.75. The average Bonchev–Trinajstić information content (AvgIpc) is 2.91. The van der Waals surface area contributed by atoms with E-state index in [1.54, 1.807) is 0 Å². The number of rotatable bonds is 4. The number of urea groups is 1. The Morgan fingerprint density at radius 2 is 2.17 bits per heavy atom. The van der Waals surface area contributed by atoms with Crippen molar-refractivity contribution in [1.82, 2.24) is 10.2 Å². The molecule has 0 aliphatic carbocycles. The summed E-state index contributed by atoms with van der Waals surface area (Å²) in [6, 6.07) is 2.84. The van der Waals surface area contributed by atoms with Crippen LogP contribution in [0.3, 0.4) is 0 Å². The van der Waals surface area contributed by atoms with Crippen molar-refractivity contribution in [3.63, 3.8) is 0 Å². The summed E-state index contributed by atoms with van der Waals surface area (Å²) < 4.78 is 4.93. The number of carbonyl (C=O) groups is 3. The van der Waals surface area contributed by atoms with Gasteiger partial charge in [0.25, 0.3) is 11.6 Å². The minimum Gasteiger partial charge on any atom is -0.449 e. The minimum absolute atomic E-state index is 0.112. The topological polar surface area (TPSA) is 119 Å². The number of imide groups is 1. The molecule has 3 amide bonds. The van der Waals surface area contributed by atoms with Gasteiger partial charge in [-0.2, -0.15) is 0 Å². The Labute approximate surface area is 135 Å². The van der Waals surface area contributed by atoms with E-state index in [0.29, 0.717) is 6.54 Å². The number of hydrogen-bond donors (Lipinski definition) is 1. The molecule has 1 aliphatic heterocycles. The third-order valence-corrected chi connectivity index (χ3v) is 3.36. The number of esters is 1. The number of hydrogen-bond acceptors (Lipinski definition) is 6. The number of nitrogens with one attached hydrogen (secondary N) is 1. The first-order chi connectivity index (χ1) is 10.8. The molecule has 1 aromatic carbocycles. The minimum atomic E-state index is -1.27. The number of benzene rings is 1. The first-order valence-electron chi connectivity index (χ1n) is 6.55. The Hall–Kier alpha value is -2.68. The van der Waals surface area contributed by atoms with Gasteiger partial charge in [0.05, 0.1) is 4.92 Å². The molecule has 1 heterocycles. The third kappa shape index (κ3) is 3.57. The van der Waals surface area contributed by atoms with Crippen LogP contribution in [0.5, 0.6) is 0 Å². The molecular formula is C13H12ClN3O6. The van der Waals surface area contributed by atoms with E-state index in [2.05, 4.69) is 5.32 Å². The molecule has 0 spiro atoms. The van der Waals surface area contributed by atoms with Crippen molar-refractivity contribution in [2.24, 2.45) is 0 Å². The van der Waals surface area contributed by atoms with Crippen LogP contribution in [0.1, 0.15) is 17.3 Å². The van der Waals surface area contributed by atoms with Gasteiger partial charge in [-0.15, -0.1) is 0 Å². The zero-order valence-electron chi connectivity index (χ0n) is 11.9. The normalized spacial score (nSPS) is 15.0. The molecule has 23 heavy (non-hydrogen) atoms. The predicted molar refractivity (Wildman–Crippen MR) is 78.1 cm³/mol. The lowest BCUT2D eigenvalue weighted by molar-refractivity contribution is -0.385. The van der Waals surface area contributed by atoms with Gasteiger partial charge < -0.3 is 10.1 Å². The molecule has 1 N–H and O–H groups in total. The van der Waals surface area contributed by atoms with Gasteiger partial charge in [0.15, 0.2) is 6.10 Å². The first-order valence-corrected chi connectivity index (χ1v) is 6.93. The van der Waals surface area contributed by atoms with Crippen LogP contribution < -0.4 is 5.32 Å². The van der Waals surface area contributed by atoms with E-state index >= 15 is 0 Å². The van der Waals surface area contributed by atoms with Gasteiger partial charge in [-0.25, -0.2) is 9.59 Å². The Balaban J connectivity index is 2.15. The number of nitro groups is 1. The molecule has 1 fully saturated rings. The van der Waals surface area contributed by atoms with Gasteiger partial charge in [0, 0.05) is 24.2 Å². The molecule has 9 nitrogen and oxygen atoms in total. The fourth-order valence-electron chi connectivity index (χ4n) is 2.01. The second kappa shape index (κ2) is 6.61. The summed E-state index contributed by atoms with van der Waals surface area (Å²) >= 11 is 5.73. The van der Waals surface area contributed by atoms with E-state index in [1.165, 1.54) is 13.0 Å². The Kier molecular flexibility index (Phi) is 4.80. The predicted octanol–water partition coefficient (Wildman–Crippen LogP) is 1.35. The lowest BCUT2D eigenvalue weighted by Crippen LogP contribution is -2.41. The van der Waals surface area contributed by atoms with Crippen LogP contribution in [0.4, 0.5) is 10.5 Å². The van der Waals surface area contributed by atoms with E-state index in [-0.39, 0.29) is 17.1 Å². The van der Waals surface area contributed by atoms with E-state index < -0.39 is 34.6 Å². The Morgan fingerprint density at radius 3 is 2.74 bits per heavy atom. The number of amides is 3. The van der Waals surface area contributed by atoms with Crippen LogP contribution in [0.2, 0.25) is 5.02 Å². The molecule has 1 aliphatic rings. The van der Waals surface area contributed by atoms with Crippen molar-refractivity contribution in [3.8, 4) is 0 Å².